The van der Waals surface area contributed by atoms with Gasteiger partial charge in [0.1, 0.15) is 6.04 Å². The highest BCUT2D eigenvalue weighted by molar-refractivity contribution is 5.98. The summed E-state index contributed by atoms with van der Waals surface area (Å²) in [4.78, 5) is 27.7. The van der Waals surface area contributed by atoms with Crippen molar-refractivity contribution in [3.05, 3.63) is 65.2 Å². The topological polar surface area (TPSA) is 101 Å². The van der Waals surface area contributed by atoms with Gasteiger partial charge in [-0.15, -0.1) is 0 Å². The van der Waals surface area contributed by atoms with Gasteiger partial charge in [-0.1, -0.05) is 43.3 Å². The van der Waals surface area contributed by atoms with Crippen molar-refractivity contribution in [1.82, 2.24) is 9.80 Å². The first-order chi connectivity index (χ1) is 20.1. The van der Waals surface area contributed by atoms with Gasteiger partial charge in [0.05, 0.1) is 32.0 Å². The Labute approximate surface area is 242 Å². The molecule has 0 spiro atoms. The second-order valence-electron chi connectivity index (χ2n) is 11.0. The molecule has 0 bridgehead atoms. The third-order valence-electron chi connectivity index (χ3n) is 8.15. The molecule has 2 amide bonds. The lowest BCUT2D eigenvalue weighted by Crippen LogP contribution is -2.48. The summed E-state index contributed by atoms with van der Waals surface area (Å²) in [7, 11) is 0. The Morgan fingerprint density at radius 2 is 1.76 bits per heavy atom. The van der Waals surface area contributed by atoms with Gasteiger partial charge in [0.25, 0.3) is 0 Å². The molecular weight excluding hydrogens is 555 g/mol. The second kappa shape index (κ2) is 13.1. The van der Waals surface area contributed by atoms with Crippen LogP contribution in [0.5, 0.6) is 0 Å². The van der Waals surface area contributed by atoms with Gasteiger partial charge in [0.2, 0.25) is 5.91 Å². The number of rotatable bonds is 7. The van der Waals surface area contributed by atoms with E-state index in [0.29, 0.717) is 42.3 Å². The predicted octanol–water partition coefficient (Wildman–Crippen LogP) is 3.79. The maximum atomic E-state index is 13.1. The molecule has 3 saturated heterocycles. The van der Waals surface area contributed by atoms with Gasteiger partial charge in [0, 0.05) is 43.3 Å². The maximum absolute atomic E-state index is 13.1. The van der Waals surface area contributed by atoms with Gasteiger partial charge in [-0.25, -0.2) is 0 Å². The Hall–Kier alpha value is -3.03. The molecule has 3 heterocycles. The summed E-state index contributed by atoms with van der Waals surface area (Å²) < 4.78 is 57.6. The van der Waals surface area contributed by atoms with Crippen LogP contribution in [-0.2, 0) is 30.4 Å². The van der Waals surface area contributed by atoms with Crippen molar-refractivity contribution in [2.75, 3.05) is 44.7 Å². The van der Waals surface area contributed by atoms with E-state index in [1.165, 1.54) is 0 Å². The van der Waals surface area contributed by atoms with Crippen molar-refractivity contribution >= 4 is 17.5 Å². The standard InChI is InChI=1S/C30H36F3N3O6/c1-19-25(17-35-12-14-40-15-13-35)41-28(42-26(19)21-9-7-20(18-37)8-10-21)22-4-2-5-23(16-22)34-27(38)24-6-3-11-36(24)29(39)30(31,32)33/h2,4-5,7-10,16,19,24-26,28,37H,3,6,11-15,17-18H2,1H3,(H,34,38). The molecule has 3 aliphatic heterocycles. The first kappa shape index (κ1) is 30.4. The summed E-state index contributed by atoms with van der Waals surface area (Å²) >= 11 is 0. The van der Waals surface area contributed by atoms with E-state index < -0.39 is 30.3 Å². The number of nitrogens with one attached hydrogen (secondary N) is 1. The largest absolute Gasteiger partial charge is 0.471 e. The van der Waals surface area contributed by atoms with Gasteiger partial charge in [-0.05, 0) is 36.1 Å². The van der Waals surface area contributed by atoms with Crippen molar-refractivity contribution < 1.29 is 42.1 Å². The number of carbonyl (C=O) groups excluding carboxylic acids is 2. The van der Waals surface area contributed by atoms with Crippen LogP contribution in [0.25, 0.3) is 0 Å². The zero-order valence-corrected chi connectivity index (χ0v) is 23.4. The molecular formula is C30H36F3N3O6. The number of morpholine rings is 1. The van der Waals surface area contributed by atoms with Gasteiger partial charge in [0.15, 0.2) is 6.29 Å². The molecule has 5 unspecified atom stereocenters. The SMILES string of the molecule is CC1C(CN2CCOCC2)OC(c2cccc(NC(=O)C3CCCN3C(=O)C(F)(F)F)c2)OC1c1ccc(CO)cc1. The average molecular weight is 592 g/mol. The fraction of sp³-hybridized carbons (Fsp3) is 0.533. The molecule has 3 fully saturated rings. The number of alkyl halides is 3. The van der Waals surface area contributed by atoms with Crippen LogP contribution in [0.3, 0.4) is 0 Å². The van der Waals surface area contributed by atoms with Crippen molar-refractivity contribution in [2.45, 2.75) is 57.1 Å². The molecule has 0 saturated carbocycles. The Kier molecular flexibility index (Phi) is 9.48. The van der Waals surface area contributed by atoms with Crippen LogP contribution < -0.4 is 5.32 Å². The number of aliphatic hydroxyl groups excluding tert-OH is 1. The summed E-state index contributed by atoms with van der Waals surface area (Å²) in [5, 5.41) is 12.2. The summed E-state index contributed by atoms with van der Waals surface area (Å²) in [5.74, 6) is -2.68. The minimum absolute atomic E-state index is 0.00789. The van der Waals surface area contributed by atoms with Gasteiger partial charge in [-0.2, -0.15) is 13.2 Å². The first-order valence-corrected chi connectivity index (χ1v) is 14.2. The Bertz CT molecular complexity index is 1240. The predicted molar refractivity (Wildman–Crippen MR) is 146 cm³/mol. The van der Waals surface area contributed by atoms with Crippen LogP contribution >= 0.6 is 0 Å². The molecule has 2 aromatic rings. The highest BCUT2D eigenvalue weighted by atomic mass is 19.4. The number of hydrogen-bond acceptors (Lipinski definition) is 7. The third kappa shape index (κ3) is 6.95. The fourth-order valence-electron chi connectivity index (χ4n) is 5.80. The minimum atomic E-state index is -5.04. The molecule has 2 aromatic carbocycles. The number of aliphatic hydroxyl groups is 1. The maximum Gasteiger partial charge on any atom is 0.471 e. The van der Waals surface area contributed by atoms with Crippen molar-refractivity contribution in [2.24, 2.45) is 5.92 Å². The Morgan fingerprint density at radius 1 is 1.02 bits per heavy atom. The normalized spacial score (nSPS) is 27.2. The number of ether oxygens (including phenoxy) is 3. The average Bonchev–Trinajstić information content (AvgIpc) is 3.48. The van der Waals surface area contributed by atoms with Crippen molar-refractivity contribution in [3.8, 4) is 0 Å². The van der Waals surface area contributed by atoms with Crippen LogP contribution in [-0.4, -0.2) is 84.4 Å². The van der Waals surface area contributed by atoms with Gasteiger partial charge < -0.3 is 29.5 Å². The number of carbonyl (C=O) groups is 2. The molecule has 0 radical (unpaired) electrons. The van der Waals surface area contributed by atoms with E-state index in [0.717, 1.165) is 24.2 Å². The number of hydrogen-bond donors (Lipinski definition) is 2. The Morgan fingerprint density at radius 3 is 2.45 bits per heavy atom. The lowest BCUT2D eigenvalue weighted by Gasteiger charge is -2.43. The summed E-state index contributed by atoms with van der Waals surface area (Å²) in [5.41, 5.74) is 2.74. The zero-order chi connectivity index (χ0) is 29.9. The van der Waals surface area contributed by atoms with E-state index in [-0.39, 0.29) is 37.7 Å². The van der Waals surface area contributed by atoms with E-state index >= 15 is 0 Å². The number of halogens is 3. The quantitative estimate of drug-likeness (QED) is 0.506. The van der Waals surface area contributed by atoms with E-state index in [1.807, 2.05) is 30.3 Å². The van der Waals surface area contributed by atoms with Crippen LogP contribution in [0, 0.1) is 5.92 Å². The van der Waals surface area contributed by atoms with Crippen molar-refractivity contribution in [1.29, 1.82) is 0 Å². The minimum Gasteiger partial charge on any atom is -0.392 e. The van der Waals surface area contributed by atoms with E-state index in [2.05, 4.69) is 17.1 Å². The molecule has 2 N–H and O–H groups in total. The van der Waals surface area contributed by atoms with Crippen LogP contribution in [0.4, 0.5) is 18.9 Å². The summed E-state index contributed by atoms with van der Waals surface area (Å²) in [6.45, 7) is 5.48. The third-order valence-corrected chi connectivity index (χ3v) is 8.15. The van der Waals surface area contributed by atoms with E-state index in [9.17, 15) is 27.9 Å². The number of amides is 2. The summed E-state index contributed by atoms with van der Waals surface area (Å²) in [6.07, 6.45) is -5.86. The Balaban J connectivity index is 1.35. The number of anilines is 1. The van der Waals surface area contributed by atoms with Crippen LogP contribution in [0.2, 0.25) is 0 Å². The van der Waals surface area contributed by atoms with Gasteiger partial charge in [-0.3, -0.25) is 14.5 Å². The second-order valence-corrected chi connectivity index (χ2v) is 11.0. The molecule has 42 heavy (non-hydrogen) atoms. The molecule has 228 valence electrons. The van der Waals surface area contributed by atoms with Crippen molar-refractivity contribution in [3.63, 3.8) is 0 Å². The first-order valence-electron chi connectivity index (χ1n) is 14.2. The van der Waals surface area contributed by atoms with Gasteiger partial charge >= 0.3 is 12.1 Å². The highest BCUT2D eigenvalue weighted by Crippen LogP contribution is 2.42. The lowest BCUT2D eigenvalue weighted by atomic mass is 9.90. The fourth-order valence-corrected chi connectivity index (χ4v) is 5.80. The lowest BCUT2D eigenvalue weighted by molar-refractivity contribution is -0.277. The smallest absolute Gasteiger partial charge is 0.392 e. The highest BCUT2D eigenvalue weighted by Gasteiger charge is 2.47. The van der Waals surface area contributed by atoms with E-state index in [4.69, 9.17) is 14.2 Å². The van der Waals surface area contributed by atoms with Crippen LogP contribution in [0.15, 0.2) is 48.5 Å². The number of benzene rings is 2. The molecule has 5 atom stereocenters. The molecule has 0 aliphatic carbocycles. The molecule has 12 heteroatoms. The zero-order valence-electron chi connectivity index (χ0n) is 23.4. The monoisotopic (exact) mass is 591 g/mol. The molecule has 3 aliphatic rings. The number of nitrogens with zero attached hydrogens (tertiary/aromatic N) is 2. The molecule has 0 aromatic heterocycles. The van der Waals surface area contributed by atoms with E-state index in [1.54, 1.807) is 18.2 Å². The number of likely N-dealkylation sites (tertiary alicyclic amines) is 1. The summed E-state index contributed by atoms with van der Waals surface area (Å²) in [6, 6.07) is 13.2. The molecule has 5 rings (SSSR count). The van der Waals surface area contributed by atoms with Crippen LogP contribution in [0.1, 0.15) is 48.8 Å². The molecule has 9 nitrogen and oxygen atoms in total.